The number of hydrogen-bond donors (Lipinski definition) is 1. The molecule has 0 aliphatic heterocycles. The Labute approximate surface area is 132 Å². The van der Waals surface area contributed by atoms with E-state index in [2.05, 4.69) is 12.6 Å². The molecular formula is C14H10ClNO2S2. The third-order valence-corrected chi connectivity index (χ3v) is 2.88. The molecule has 102 valence electrons. The molecule has 2 aromatic rings. The maximum absolute atomic E-state index is 12.1. The Hall–Kier alpha value is -1.56. The average molecular weight is 324 g/mol. The van der Waals surface area contributed by atoms with E-state index in [9.17, 15) is 5.21 Å². The van der Waals surface area contributed by atoms with Crippen molar-refractivity contribution in [2.45, 2.75) is 0 Å². The summed E-state index contributed by atoms with van der Waals surface area (Å²) >= 11 is 14.5. The van der Waals surface area contributed by atoms with Crippen molar-refractivity contribution in [3.05, 3.63) is 64.3 Å². The molecule has 0 atom stereocenters. The third kappa shape index (κ3) is 3.96. The van der Waals surface area contributed by atoms with Crippen molar-refractivity contribution < 1.29 is 9.48 Å². The molecule has 0 fully saturated rings. The Morgan fingerprint density at radius 1 is 1.20 bits per heavy atom. The van der Waals surface area contributed by atoms with Crippen LogP contribution in [0, 0.1) is 5.21 Å². The molecule has 0 N–H and O–H groups in total. The normalized spacial score (nSPS) is 11.2. The molecule has 0 saturated carbocycles. The molecule has 0 aliphatic rings. The number of benzene rings is 2. The number of thiol groups is 1. The van der Waals surface area contributed by atoms with Gasteiger partial charge in [0.1, 0.15) is 5.75 Å². The van der Waals surface area contributed by atoms with Crippen molar-refractivity contribution in [3.8, 4) is 5.75 Å². The Morgan fingerprint density at radius 3 is 2.50 bits per heavy atom. The molecule has 20 heavy (non-hydrogen) atoms. The van der Waals surface area contributed by atoms with Gasteiger partial charge in [-0.15, -0.1) is 0 Å². The Morgan fingerprint density at radius 2 is 1.85 bits per heavy atom. The van der Waals surface area contributed by atoms with Crippen molar-refractivity contribution in [2.75, 3.05) is 0 Å². The summed E-state index contributed by atoms with van der Waals surface area (Å²) in [5.74, 6) is 0.474. The maximum atomic E-state index is 12.1. The van der Waals surface area contributed by atoms with Crippen LogP contribution in [-0.2, 0) is 0 Å². The van der Waals surface area contributed by atoms with Gasteiger partial charge in [-0.3, -0.25) is 0 Å². The fraction of sp³-hybridized carbons (Fsp3) is 0. The minimum atomic E-state index is 0.0924. The van der Waals surface area contributed by atoms with Gasteiger partial charge in [0, 0.05) is 17.2 Å². The molecule has 0 bridgehead atoms. The summed E-state index contributed by atoms with van der Waals surface area (Å²) in [5.41, 5.74) is 1.08. The molecule has 3 nitrogen and oxygen atoms in total. The van der Waals surface area contributed by atoms with Crippen LogP contribution in [0.3, 0.4) is 0 Å². The number of ether oxygens (including phenoxy) is 1. The number of halogens is 1. The van der Waals surface area contributed by atoms with E-state index in [0.717, 1.165) is 4.74 Å². The van der Waals surface area contributed by atoms with E-state index in [0.29, 0.717) is 22.0 Å². The fourth-order valence-corrected chi connectivity index (χ4v) is 1.88. The van der Waals surface area contributed by atoms with E-state index in [-0.39, 0.29) is 4.38 Å². The summed E-state index contributed by atoms with van der Waals surface area (Å²) in [6.07, 6.45) is 1.41. The topological polar surface area (TPSA) is 35.3 Å². The van der Waals surface area contributed by atoms with Crippen LogP contribution in [0.2, 0.25) is 5.02 Å². The second kappa shape index (κ2) is 6.74. The van der Waals surface area contributed by atoms with Crippen molar-refractivity contribution in [1.82, 2.24) is 0 Å². The lowest BCUT2D eigenvalue weighted by Crippen LogP contribution is -2.03. The van der Waals surface area contributed by atoms with E-state index in [4.69, 9.17) is 28.6 Å². The summed E-state index contributed by atoms with van der Waals surface area (Å²) in [7, 11) is 0. The van der Waals surface area contributed by atoms with Crippen LogP contribution in [0.5, 0.6) is 5.75 Å². The minimum Gasteiger partial charge on any atom is -0.618 e. The van der Waals surface area contributed by atoms with Gasteiger partial charge >= 0.3 is 0 Å². The van der Waals surface area contributed by atoms with Crippen molar-refractivity contribution in [1.29, 1.82) is 0 Å². The number of rotatable bonds is 3. The smallest absolute Gasteiger partial charge is 0.222 e. The van der Waals surface area contributed by atoms with Gasteiger partial charge in [-0.25, -0.2) is 0 Å². The lowest BCUT2D eigenvalue weighted by atomic mass is 10.2. The van der Waals surface area contributed by atoms with Gasteiger partial charge in [-0.05, 0) is 36.5 Å². The highest BCUT2D eigenvalue weighted by atomic mass is 35.5. The lowest BCUT2D eigenvalue weighted by molar-refractivity contribution is -0.354. The molecule has 2 rings (SSSR count). The fourth-order valence-electron chi connectivity index (χ4n) is 1.56. The summed E-state index contributed by atoms with van der Waals surface area (Å²) in [5, 5.41) is 12.6. The van der Waals surface area contributed by atoms with Gasteiger partial charge in [-0.2, -0.15) is 4.74 Å². The molecule has 6 heteroatoms. The van der Waals surface area contributed by atoms with E-state index < -0.39 is 0 Å². The minimum absolute atomic E-state index is 0.0924. The molecule has 0 saturated heterocycles. The summed E-state index contributed by atoms with van der Waals surface area (Å²) in [6.45, 7) is 0. The van der Waals surface area contributed by atoms with Crippen LogP contribution in [0.1, 0.15) is 5.56 Å². The zero-order valence-electron chi connectivity index (χ0n) is 10.2. The van der Waals surface area contributed by atoms with Gasteiger partial charge in [0.25, 0.3) is 0 Å². The molecule has 2 aromatic carbocycles. The zero-order chi connectivity index (χ0) is 14.5. The maximum Gasteiger partial charge on any atom is 0.222 e. The van der Waals surface area contributed by atoms with Gasteiger partial charge < -0.3 is 9.94 Å². The van der Waals surface area contributed by atoms with Crippen LogP contribution in [0.15, 0.2) is 48.5 Å². The molecule has 0 unspecified atom stereocenters. The number of nitrogens with zero attached hydrogens (tertiary/aromatic N) is 1. The predicted molar refractivity (Wildman–Crippen MR) is 88.6 cm³/mol. The highest BCUT2D eigenvalue weighted by Gasteiger charge is 2.07. The second-order valence-corrected chi connectivity index (χ2v) is 5.35. The number of hydrogen-bond acceptors (Lipinski definition) is 3. The summed E-state index contributed by atoms with van der Waals surface area (Å²) in [4.78, 5) is 0. The monoisotopic (exact) mass is 323 g/mol. The first-order valence-electron chi connectivity index (χ1n) is 5.63. The third-order valence-electron chi connectivity index (χ3n) is 2.45. The Kier molecular flexibility index (Phi) is 5.00. The van der Waals surface area contributed by atoms with Crippen LogP contribution in [0.4, 0.5) is 5.69 Å². The van der Waals surface area contributed by atoms with Crippen LogP contribution >= 0.6 is 36.4 Å². The van der Waals surface area contributed by atoms with Crippen molar-refractivity contribution in [2.24, 2.45) is 0 Å². The van der Waals surface area contributed by atoms with E-state index in [1.165, 1.54) is 6.21 Å². The summed E-state index contributed by atoms with van der Waals surface area (Å²) in [6, 6.07) is 13.6. The van der Waals surface area contributed by atoms with Crippen LogP contribution < -0.4 is 4.74 Å². The summed E-state index contributed by atoms with van der Waals surface area (Å²) < 4.78 is 6.11. The quantitative estimate of drug-likeness (QED) is 0.230. The zero-order valence-corrected chi connectivity index (χ0v) is 12.7. The Balaban J connectivity index is 2.34. The standard InChI is InChI=1S/C14H10ClNO2S2/c15-11-5-7-12(8-6-11)16(17)9-10-3-1-2-4-13(10)18-14(19)20/h1-9H,(H,19,20)/b16-9-. The molecule has 0 heterocycles. The largest absolute Gasteiger partial charge is 0.618 e. The Bertz CT molecular complexity index is 656. The molecule has 0 amide bonds. The molecule has 0 spiro atoms. The first-order chi connectivity index (χ1) is 9.56. The molecule has 0 aromatic heterocycles. The highest BCUT2D eigenvalue weighted by Crippen LogP contribution is 2.19. The van der Waals surface area contributed by atoms with Crippen molar-refractivity contribution in [3.63, 3.8) is 0 Å². The predicted octanol–water partition coefficient (Wildman–Crippen LogP) is 4.19. The van der Waals surface area contributed by atoms with Crippen molar-refractivity contribution >= 4 is 52.7 Å². The van der Waals surface area contributed by atoms with Gasteiger partial charge in [0.15, 0.2) is 6.21 Å². The lowest BCUT2D eigenvalue weighted by Gasteiger charge is -2.07. The SMILES string of the molecule is [O-]/[N+](=C\c1ccccc1OC(=S)S)c1ccc(Cl)cc1. The van der Waals surface area contributed by atoms with E-state index in [1.54, 1.807) is 48.5 Å². The average Bonchev–Trinajstić information content (AvgIpc) is 2.41. The highest BCUT2D eigenvalue weighted by molar-refractivity contribution is 8.10. The van der Waals surface area contributed by atoms with Crippen LogP contribution in [-0.4, -0.2) is 15.3 Å². The van der Waals surface area contributed by atoms with Gasteiger partial charge in [0.2, 0.25) is 10.1 Å². The van der Waals surface area contributed by atoms with Gasteiger partial charge in [-0.1, -0.05) is 36.4 Å². The van der Waals surface area contributed by atoms with E-state index in [1.807, 2.05) is 0 Å². The molecular weight excluding hydrogens is 314 g/mol. The first-order valence-corrected chi connectivity index (χ1v) is 6.86. The first kappa shape index (κ1) is 14.8. The number of thiocarbonyl (C=S) groups is 1. The molecule has 0 aliphatic carbocycles. The van der Waals surface area contributed by atoms with Gasteiger partial charge in [0.05, 0.1) is 5.56 Å². The van der Waals surface area contributed by atoms with Crippen LogP contribution in [0.25, 0.3) is 0 Å². The van der Waals surface area contributed by atoms with E-state index >= 15 is 0 Å². The molecule has 0 radical (unpaired) electrons. The number of para-hydroxylation sites is 1. The second-order valence-electron chi connectivity index (χ2n) is 3.84.